The van der Waals surface area contributed by atoms with Gasteiger partial charge in [0.25, 0.3) is 0 Å². The van der Waals surface area contributed by atoms with E-state index in [0.717, 1.165) is 74.4 Å². The zero-order valence-corrected chi connectivity index (χ0v) is 37.8. The molecule has 4 heteroatoms. The molecule has 13 rings (SSSR count). The molecule has 4 aliphatic rings. The van der Waals surface area contributed by atoms with Crippen molar-refractivity contribution >= 4 is 34.4 Å². The maximum Gasteiger partial charge on any atom is 0.151 e. The van der Waals surface area contributed by atoms with Crippen LogP contribution in [0.3, 0.4) is 0 Å². The van der Waals surface area contributed by atoms with Gasteiger partial charge in [0.05, 0.1) is 28.2 Å². The van der Waals surface area contributed by atoms with Crippen LogP contribution in [0.4, 0.5) is 22.7 Å². The quantitative estimate of drug-likeness (QED) is 0.162. The maximum atomic E-state index is 6.29. The first-order valence-electron chi connectivity index (χ1n) is 23.5. The summed E-state index contributed by atoms with van der Waals surface area (Å²) < 4.78 is 12.5. The molecule has 0 radical (unpaired) electrons. The van der Waals surface area contributed by atoms with Crippen molar-refractivity contribution < 1.29 is 9.47 Å². The topological polar surface area (TPSA) is 33.7 Å². The molecule has 9 aromatic carbocycles. The highest BCUT2D eigenvalue weighted by molar-refractivity contribution is 5.95. The van der Waals surface area contributed by atoms with E-state index in [-0.39, 0.29) is 0 Å². The number of allylic oxidation sites excluding steroid dienone is 5. The molecule has 2 aliphatic heterocycles. The second kappa shape index (κ2) is 15.8. The van der Waals surface area contributed by atoms with Crippen LogP contribution >= 0.6 is 0 Å². The molecule has 324 valence electrons. The lowest BCUT2D eigenvalue weighted by atomic mass is 9.69. The molecule has 2 aliphatic carbocycles. The third kappa shape index (κ3) is 6.29. The fourth-order valence-corrected chi connectivity index (χ4v) is 10.9. The van der Waals surface area contributed by atoms with Crippen LogP contribution in [-0.2, 0) is 5.41 Å². The lowest BCUT2D eigenvalue weighted by molar-refractivity contribution is 0.475. The minimum absolute atomic E-state index is 0.504. The second-order valence-corrected chi connectivity index (χ2v) is 18.1. The van der Waals surface area contributed by atoms with Gasteiger partial charge in [-0.2, -0.15) is 0 Å². The van der Waals surface area contributed by atoms with Crippen LogP contribution in [0.1, 0.15) is 41.2 Å². The summed E-state index contributed by atoms with van der Waals surface area (Å²) in [5.41, 5.74) is 21.9. The number of anilines is 4. The summed E-state index contributed by atoms with van der Waals surface area (Å²) in [6.07, 6.45) is 10.4. The highest BCUT2D eigenvalue weighted by Gasteiger charge is 2.50. The molecule has 0 unspecified atom stereocenters. The van der Waals surface area contributed by atoms with E-state index in [0.29, 0.717) is 0 Å². The highest BCUT2D eigenvalue weighted by Crippen LogP contribution is 2.61. The van der Waals surface area contributed by atoms with Gasteiger partial charge in [-0.25, -0.2) is 0 Å². The number of rotatable bonds is 7. The van der Waals surface area contributed by atoms with Gasteiger partial charge in [-0.05, 0) is 157 Å². The molecule has 0 fully saturated rings. The third-order valence-corrected chi connectivity index (χ3v) is 14.2. The average Bonchev–Trinajstić information content (AvgIpc) is 3.88. The number of ether oxygens (including phenoxy) is 2. The van der Waals surface area contributed by atoms with E-state index in [1.807, 2.05) is 36.4 Å². The Labute approximate surface area is 397 Å². The number of fused-ring (bicyclic) bond motifs is 11. The smallest absolute Gasteiger partial charge is 0.151 e. The van der Waals surface area contributed by atoms with Crippen molar-refractivity contribution in [3.63, 3.8) is 0 Å². The summed E-state index contributed by atoms with van der Waals surface area (Å²) in [4.78, 5) is 2.22. The summed E-state index contributed by atoms with van der Waals surface area (Å²) in [6, 6.07) is 72.3. The lowest BCUT2D eigenvalue weighted by Crippen LogP contribution is -2.26. The number of benzene rings is 9. The molecule has 1 N–H and O–H groups in total. The summed E-state index contributed by atoms with van der Waals surface area (Å²) in [5.74, 6) is 3.41. The van der Waals surface area contributed by atoms with Crippen molar-refractivity contribution in [3.8, 4) is 67.5 Å². The van der Waals surface area contributed by atoms with Crippen molar-refractivity contribution in [1.82, 2.24) is 0 Å². The van der Waals surface area contributed by atoms with E-state index in [1.54, 1.807) is 0 Å². The summed E-state index contributed by atoms with van der Waals surface area (Å²) in [5, 5.41) is 3.57. The number of hydrogen-bond donors (Lipinski definition) is 1. The fraction of sp³-hybridized carbons (Fsp3) is 0.0625. The van der Waals surface area contributed by atoms with Crippen LogP contribution in [0, 0.1) is 0 Å². The second-order valence-electron chi connectivity index (χ2n) is 18.1. The first kappa shape index (κ1) is 39.7. The number of para-hydroxylation sites is 4. The van der Waals surface area contributed by atoms with E-state index < -0.39 is 5.41 Å². The van der Waals surface area contributed by atoms with E-state index in [2.05, 4.69) is 212 Å². The van der Waals surface area contributed by atoms with Gasteiger partial charge in [0.15, 0.2) is 23.0 Å². The monoisotopic (exact) mass is 874 g/mol. The molecule has 0 saturated heterocycles. The first-order valence-corrected chi connectivity index (χ1v) is 23.5. The standard InChI is InChI=1S/C64H46N2O2/c1-3-4-13-45(41-22-26-43(27-23-41)47-32-34-61-57(39-47)65-56-18-9-11-20-60(56)67-61)36-50-37-49-31-30-46(38-55(49)64(50)53-16-7-5-14-51(53)52-15-6-8-17-54(52)64)42-24-28-44(29-25-42)48-33-35-63-59(40-48)66(2)58-19-10-12-21-62(58)68-63/h4-40,65H,3H2,1-2H3/b13-4-,45-36+. The van der Waals surface area contributed by atoms with E-state index >= 15 is 0 Å². The van der Waals surface area contributed by atoms with Crippen LogP contribution < -0.4 is 19.7 Å². The van der Waals surface area contributed by atoms with Crippen LogP contribution in [0.5, 0.6) is 23.0 Å². The van der Waals surface area contributed by atoms with E-state index in [1.165, 1.54) is 61.2 Å². The Kier molecular flexibility index (Phi) is 9.23. The molecule has 68 heavy (non-hydrogen) atoms. The molecule has 4 nitrogen and oxygen atoms in total. The van der Waals surface area contributed by atoms with E-state index in [9.17, 15) is 0 Å². The molecule has 2 heterocycles. The predicted octanol–water partition coefficient (Wildman–Crippen LogP) is 17.2. The minimum atomic E-state index is -0.504. The van der Waals surface area contributed by atoms with Gasteiger partial charge >= 0.3 is 0 Å². The van der Waals surface area contributed by atoms with Crippen LogP contribution in [0.15, 0.2) is 224 Å². The number of hydrogen-bond acceptors (Lipinski definition) is 4. The Morgan fingerprint density at radius 1 is 0.500 bits per heavy atom. The maximum absolute atomic E-state index is 6.29. The summed E-state index contributed by atoms with van der Waals surface area (Å²) >= 11 is 0. The molecule has 9 aromatic rings. The molecular weight excluding hydrogens is 829 g/mol. The normalized spacial score (nSPS) is 14.4. The van der Waals surface area contributed by atoms with Gasteiger partial charge in [-0.15, -0.1) is 0 Å². The van der Waals surface area contributed by atoms with Gasteiger partial charge in [0, 0.05) is 7.05 Å². The Hall–Kier alpha value is -8.60. The Bertz CT molecular complexity index is 3550. The van der Waals surface area contributed by atoms with Gasteiger partial charge in [-0.1, -0.05) is 165 Å². The molecule has 0 atom stereocenters. The zero-order valence-electron chi connectivity index (χ0n) is 37.8. The van der Waals surface area contributed by atoms with Crippen LogP contribution in [0.25, 0.3) is 56.2 Å². The van der Waals surface area contributed by atoms with Gasteiger partial charge in [-0.3, -0.25) is 0 Å². The largest absolute Gasteiger partial charge is 0.453 e. The molecule has 1 spiro atoms. The minimum Gasteiger partial charge on any atom is -0.453 e. The molecule has 0 saturated carbocycles. The number of nitrogens with zero attached hydrogens (tertiary/aromatic N) is 1. The lowest BCUT2D eigenvalue weighted by Gasteiger charge is -2.32. The summed E-state index contributed by atoms with van der Waals surface area (Å²) in [6.45, 7) is 2.20. The fourth-order valence-electron chi connectivity index (χ4n) is 10.9. The van der Waals surface area contributed by atoms with Crippen molar-refractivity contribution in [2.45, 2.75) is 18.8 Å². The summed E-state index contributed by atoms with van der Waals surface area (Å²) in [7, 11) is 2.11. The first-order chi connectivity index (χ1) is 33.5. The Balaban J connectivity index is 0.870. The third-order valence-electron chi connectivity index (χ3n) is 14.2. The Morgan fingerprint density at radius 3 is 1.78 bits per heavy atom. The highest BCUT2D eigenvalue weighted by atomic mass is 16.5. The predicted molar refractivity (Wildman–Crippen MR) is 281 cm³/mol. The SMILES string of the molecule is CC/C=C\C(=C/C1=Cc2ccc(-c3ccc(-c4ccc5c(c4)N(C)c4ccccc4O5)cc3)cc2C12c1ccccc1-c1ccccc12)c1ccc(-c2ccc3c(c2)Nc2ccccc2O3)cc1. The van der Waals surface area contributed by atoms with Gasteiger partial charge in [0.2, 0.25) is 0 Å². The molecule has 0 aromatic heterocycles. The molecular formula is C64H46N2O2. The zero-order chi connectivity index (χ0) is 45.3. The van der Waals surface area contributed by atoms with Crippen molar-refractivity contribution in [3.05, 3.63) is 252 Å². The molecule has 0 amide bonds. The van der Waals surface area contributed by atoms with Crippen molar-refractivity contribution in [2.24, 2.45) is 0 Å². The van der Waals surface area contributed by atoms with Crippen LogP contribution in [-0.4, -0.2) is 7.05 Å². The van der Waals surface area contributed by atoms with Gasteiger partial charge in [0.1, 0.15) is 0 Å². The van der Waals surface area contributed by atoms with Crippen LogP contribution in [0.2, 0.25) is 0 Å². The average molecular weight is 875 g/mol. The van der Waals surface area contributed by atoms with E-state index in [4.69, 9.17) is 9.47 Å². The number of nitrogens with one attached hydrogen (secondary N) is 1. The van der Waals surface area contributed by atoms with Crippen molar-refractivity contribution in [2.75, 3.05) is 17.3 Å². The van der Waals surface area contributed by atoms with Crippen molar-refractivity contribution in [1.29, 1.82) is 0 Å². The molecule has 0 bridgehead atoms. The van der Waals surface area contributed by atoms with Gasteiger partial charge < -0.3 is 19.7 Å². The Morgan fingerprint density at radius 2 is 1.04 bits per heavy atom.